The molecule has 2 aromatic heterocycles. The summed E-state index contributed by atoms with van der Waals surface area (Å²) >= 11 is 11.9. The number of fused-ring (bicyclic) bond motifs is 1. The Bertz CT molecular complexity index is 1480. The van der Waals surface area contributed by atoms with E-state index in [4.69, 9.17) is 27.6 Å². The molecule has 2 heterocycles. The summed E-state index contributed by atoms with van der Waals surface area (Å²) in [6.07, 6.45) is 3.34. The summed E-state index contributed by atoms with van der Waals surface area (Å²) in [5.74, 6) is -0.472. The quantitative estimate of drug-likeness (QED) is 0.204. The van der Waals surface area contributed by atoms with Gasteiger partial charge in [-0.05, 0) is 42.5 Å². The summed E-state index contributed by atoms with van der Waals surface area (Å²) in [5, 5.41) is 13.8. The number of furan rings is 1. The lowest BCUT2D eigenvalue weighted by atomic mass is 10.1. The van der Waals surface area contributed by atoms with Crippen LogP contribution in [0.1, 0.15) is 21.9 Å². The lowest BCUT2D eigenvalue weighted by Crippen LogP contribution is -2.13. The number of esters is 1. The second-order valence-electron chi connectivity index (χ2n) is 7.24. The number of hydrogen-bond acceptors (Lipinski definition) is 5. The second-order valence-corrected chi connectivity index (χ2v) is 8.05. The van der Waals surface area contributed by atoms with Gasteiger partial charge in [0, 0.05) is 28.4 Å². The van der Waals surface area contributed by atoms with Gasteiger partial charge in [0.25, 0.3) is 5.91 Å². The molecule has 0 unspecified atom stereocenters. The van der Waals surface area contributed by atoms with Crippen molar-refractivity contribution >= 4 is 57.7 Å². The molecule has 0 spiro atoms. The molecule has 170 valence electrons. The number of nitrogens with zero attached hydrogens (tertiary/aromatic N) is 2. The Labute approximate surface area is 204 Å². The van der Waals surface area contributed by atoms with E-state index in [0.717, 1.165) is 10.9 Å². The minimum absolute atomic E-state index is 0.0834. The third-order valence-corrected chi connectivity index (χ3v) is 5.78. The topological polar surface area (TPSA) is 97.3 Å². The lowest BCUT2D eigenvalue weighted by molar-refractivity contribution is -0.112. The van der Waals surface area contributed by atoms with Crippen LogP contribution in [0.15, 0.2) is 70.8 Å². The Morgan fingerprint density at radius 3 is 2.68 bits per heavy atom. The minimum atomic E-state index is -0.577. The molecule has 0 fully saturated rings. The molecule has 0 saturated heterocycles. The number of carbonyl (C=O) groups is 2. The molecular weight excluding hydrogens is 477 g/mol. The number of rotatable bonds is 6. The fourth-order valence-corrected chi connectivity index (χ4v) is 3.74. The summed E-state index contributed by atoms with van der Waals surface area (Å²) in [4.78, 5) is 24.4. The van der Waals surface area contributed by atoms with Crippen molar-refractivity contribution in [2.24, 2.45) is 0 Å². The van der Waals surface area contributed by atoms with Gasteiger partial charge in [-0.1, -0.05) is 41.4 Å². The van der Waals surface area contributed by atoms with E-state index >= 15 is 0 Å². The first-order valence-electron chi connectivity index (χ1n) is 10.0. The maximum absolute atomic E-state index is 12.7. The highest BCUT2D eigenvalue weighted by Gasteiger charge is 2.15. The number of hydrogen-bond donors (Lipinski definition) is 1. The van der Waals surface area contributed by atoms with Crippen molar-refractivity contribution in [3.8, 4) is 6.07 Å². The van der Waals surface area contributed by atoms with Gasteiger partial charge in [0.05, 0.1) is 23.7 Å². The summed E-state index contributed by atoms with van der Waals surface area (Å²) in [6.45, 7) is 0.336. The van der Waals surface area contributed by atoms with E-state index in [9.17, 15) is 14.9 Å². The average molecular weight is 494 g/mol. The Hall–Kier alpha value is -3.99. The number of para-hydroxylation sites is 1. The minimum Gasteiger partial charge on any atom is -0.463 e. The van der Waals surface area contributed by atoms with E-state index < -0.39 is 11.9 Å². The van der Waals surface area contributed by atoms with Gasteiger partial charge in [0.1, 0.15) is 17.4 Å². The Morgan fingerprint density at radius 2 is 1.94 bits per heavy atom. The smallest absolute Gasteiger partial charge is 0.373 e. The van der Waals surface area contributed by atoms with Gasteiger partial charge < -0.3 is 19.0 Å². The van der Waals surface area contributed by atoms with E-state index in [0.29, 0.717) is 33.6 Å². The van der Waals surface area contributed by atoms with Crippen LogP contribution in [0, 0.1) is 11.3 Å². The number of carbonyl (C=O) groups excluding carboxylic acids is 2. The molecule has 0 atom stereocenters. The zero-order valence-electron chi connectivity index (χ0n) is 17.8. The summed E-state index contributed by atoms with van der Waals surface area (Å²) < 4.78 is 12.2. The van der Waals surface area contributed by atoms with Crippen LogP contribution >= 0.6 is 23.2 Å². The molecule has 4 rings (SSSR count). The van der Waals surface area contributed by atoms with Crippen LogP contribution in [-0.2, 0) is 16.1 Å². The maximum atomic E-state index is 12.7. The first kappa shape index (κ1) is 23.2. The highest BCUT2D eigenvalue weighted by Crippen LogP contribution is 2.27. The van der Waals surface area contributed by atoms with Gasteiger partial charge in [-0.3, -0.25) is 4.79 Å². The van der Waals surface area contributed by atoms with Crippen molar-refractivity contribution in [1.29, 1.82) is 5.26 Å². The molecule has 34 heavy (non-hydrogen) atoms. The summed E-state index contributed by atoms with van der Waals surface area (Å²) in [5.41, 5.74) is 1.88. The van der Waals surface area contributed by atoms with Crippen molar-refractivity contribution in [2.75, 3.05) is 12.4 Å². The second kappa shape index (κ2) is 9.87. The molecule has 0 bridgehead atoms. The predicted octanol–water partition coefficient (Wildman–Crippen LogP) is 5.92. The summed E-state index contributed by atoms with van der Waals surface area (Å²) in [6, 6.07) is 17.4. The fourth-order valence-electron chi connectivity index (χ4n) is 3.44. The standard InChI is InChI=1S/C25H17Cl2N3O4/c1-33-25(32)23-9-7-18(34-23)14-30-13-16(19-4-2-3-5-22(19)30)10-15(12-28)24(31)29-17-6-8-20(26)21(27)11-17/h2-11,13H,14H2,1H3,(H,29,31)/b15-10-. The molecule has 1 amide bonds. The fraction of sp³-hybridized carbons (Fsp3) is 0.0800. The maximum Gasteiger partial charge on any atom is 0.373 e. The van der Waals surface area contributed by atoms with Crippen molar-refractivity contribution in [1.82, 2.24) is 4.57 Å². The van der Waals surface area contributed by atoms with Crippen molar-refractivity contribution in [2.45, 2.75) is 6.54 Å². The number of nitrogens with one attached hydrogen (secondary N) is 1. The third kappa shape index (κ3) is 4.84. The van der Waals surface area contributed by atoms with Crippen molar-refractivity contribution < 1.29 is 18.7 Å². The molecule has 0 saturated carbocycles. The van der Waals surface area contributed by atoms with Crippen molar-refractivity contribution in [3.63, 3.8) is 0 Å². The van der Waals surface area contributed by atoms with E-state index in [-0.39, 0.29) is 11.3 Å². The number of halogens is 2. The van der Waals surface area contributed by atoms with E-state index in [1.54, 1.807) is 24.3 Å². The van der Waals surface area contributed by atoms with Crippen LogP contribution in [0.3, 0.4) is 0 Å². The lowest BCUT2D eigenvalue weighted by Gasteiger charge is -2.05. The van der Waals surface area contributed by atoms with Gasteiger partial charge in [0.2, 0.25) is 5.76 Å². The van der Waals surface area contributed by atoms with E-state index in [1.165, 1.54) is 19.3 Å². The van der Waals surface area contributed by atoms with Gasteiger partial charge in [-0.25, -0.2) is 4.79 Å². The zero-order valence-corrected chi connectivity index (χ0v) is 19.4. The first-order valence-corrected chi connectivity index (χ1v) is 10.8. The van der Waals surface area contributed by atoms with Crippen LogP contribution < -0.4 is 5.32 Å². The third-order valence-electron chi connectivity index (χ3n) is 5.04. The number of nitriles is 1. The highest BCUT2D eigenvalue weighted by atomic mass is 35.5. The van der Waals surface area contributed by atoms with Crippen molar-refractivity contribution in [3.05, 3.63) is 93.5 Å². The SMILES string of the molecule is COC(=O)c1ccc(Cn2cc(/C=C(/C#N)C(=O)Nc3ccc(Cl)c(Cl)c3)c3ccccc32)o1. The largest absolute Gasteiger partial charge is 0.463 e. The molecule has 0 aliphatic carbocycles. The number of amides is 1. The van der Waals surface area contributed by atoms with Gasteiger partial charge in [-0.2, -0.15) is 5.26 Å². The van der Waals surface area contributed by atoms with Gasteiger partial charge in [0.15, 0.2) is 0 Å². The van der Waals surface area contributed by atoms with E-state index in [1.807, 2.05) is 41.1 Å². The molecule has 4 aromatic rings. The average Bonchev–Trinajstić information content (AvgIpc) is 3.44. The summed E-state index contributed by atoms with van der Waals surface area (Å²) in [7, 11) is 1.28. The first-order chi connectivity index (χ1) is 16.4. The molecule has 9 heteroatoms. The van der Waals surface area contributed by atoms with Crippen LogP contribution in [-0.4, -0.2) is 23.6 Å². The number of aromatic nitrogens is 1. The number of methoxy groups -OCH3 is 1. The molecular formula is C25H17Cl2N3O4. The highest BCUT2D eigenvalue weighted by molar-refractivity contribution is 6.42. The van der Waals surface area contributed by atoms with Crippen LogP contribution in [0.5, 0.6) is 0 Å². The van der Waals surface area contributed by atoms with Gasteiger partial charge >= 0.3 is 5.97 Å². The predicted molar refractivity (Wildman–Crippen MR) is 130 cm³/mol. The normalized spacial score (nSPS) is 11.3. The van der Waals surface area contributed by atoms with E-state index in [2.05, 4.69) is 10.1 Å². The molecule has 7 nitrogen and oxygen atoms in total. The zero-order chi connectivity index (χ0) is 24.2. The van der Waals surface area contributed by atoms with Gasteiger partial charge in [-0.15, -0.1) is 0 Å². The number of benzene rings is 2. The number of anilines is 1. The molecule has 0 radical (unpaired) electrons. The molecule has 0 aliphatic rings. The Balaban J connectivity index is 1.64. The van der Waals surface area contributed by atoms with Crippen LogP contribution in [0.2, 0.25) is 10.0 Å². The molecule has 1 N–H and O–H groups in total. The number of ether oxygens (including phenoxy) is 1. The Morgan fingerprint density at radius 1 is 1.15 bits per heavy atom. The Kier molecular flexibility index (Phi) is 6.73. The monoisotopic (exact) mass is 493 g/mol. The van der Waals surface area contributed by atoms with Crippen LogP contribution in [0.25, 0.3) is 17.0 Å². The molecule has 0 aliphatic heterocycles. The molecule has 2 aromatic carbocycles. The van der Waals surface area contributed by atoms with Crippen LogP contribution in [0.4, 0.5) is 5.69 Å².